The summed E-state index contributed by atoms with van der Waals surface area (Å²) in [5.41, 5.74) is 2.37. The van der Waals surface area contributed by atoms with Gasteiger partial charge in [0, 0.05) is 11.6 Å². The molecule has 0 aromatic heterocycles. The zero-order chi connectivity index (χ0) is 27.0. The Morgan fingerprint density at radius 3 is 2.68 bits per heavy atom. The lowest BCUT2D eigenvalue weighted by molar-refractivity contribution is -0.185. The number of carbonyl (C=O) groups excluding carboxylic acids is 3. The topological polar surface area (TPSA) is 126 Å². The second-order valence-electron chi connectivity index (χ2n) is 11.8. The molecule has 5 rings (SSSR count). The summed E-state index contributed by atoms with van der Waals surface area (Å²) >= 11 is 0. The standard InChI is InChI=1S/C27H38BN3O6/c1-16(2)11-21(28-36-24-20-13-19(26(20,3)4)14-27(24,5)37-28)30-23(33)15-29-25(34)18-8-6-7-17(12-18)9-10-22(32)31-35/h6-10,12,16,19-21,24,35H,11,13-15H2,1-5H3,(H,29,34)(H,30,33)(H,31,32)/b10-9+/t19-,20+,21+,24-,27+/m1/s1. The van der Waals surface area contributed by atoms with Crippen molar-refractivity contribution in [1.29, 1.82) is 0 Å². The zero-order valence-corrected chi connectivity index (χ0v) is 22.2. The van der Waals surface area contributed by atoms with Gasteiger partial charge in [-0.1, -0.05) is 39.8 Å². The van der Waals surface area contributed by atoms with Gasteiger partial charge in [-0.3, -0.25) is 19.6 Å². The first-order valence-electron chi connectivity index (χ1n) is 13.1. The molecule has 1 heterocycles. The molecule has 10 heteroatoms. The summed E-state index contributed by atoms with van der Waals surface area (Å²) in [4.78, 5) is 36.7. The lowest BCUT2D eigenvalue weighted by Gasteiger charge is -2.63. The monoisotopic (exact) mass is 511 g/mol. The van der Waals surface area contributed by atoms with Gasteiger partial charge in [0.25, 0.3) is 11.8 Å². The summed E-state index contributed by atoms with van der Waals surface area (Å²) in [7, 11) is -0.521. The maximum Gasteiger partial charge on any atom is 0.481 e. The number of hydrogen-bond acceptors (Lipinski definition) is 6. The fraction of sp³-hybridized carbons (Fsp3) is 0.593. The zero-order valence-electron chi connectivity index (χ0n) is 22.2. The molecule has 4 N–H and O–H groups in total. The minimum Gasteiger partial charge on any atom is -0.404 e. The van der Waals surface area contributed by atoms with Crippen molar-refractivity contribution in [2.45, 2.75) is 71.5 Å². The number of nitrogens with one attached hydrogen (secondary N) is 3. The van der Waals surface area contributed by atoms with Crippen molar-refractivity contribution >= 4 is 30.9 Å². The Morgan fingerprint density at radius 2 is 2.00 bits per heavy atom. The van der Waals surface area contributed by atoms with Crippen LogP contribution in [0.4, 0.5) is 0 Å². The molecule has 0 unspecified atom stereocenters. The van der Waals surface area contributed by atoms with Crippen LogP contribution in [-0.4, -0.2) is 54.2 Å². The van der Waals surface area contributed by atoms with Gasteiger partial charge in [-0.25, -0.2) is 5.48 Å². The molecule has 3 amide bonds. The maximum absolute atomic E-state index is 12.9. The van der Waals surface area contributed by atoms with E-state index in [2.05, 4.69) is 45.3 Å². The van der Waals surface area contributed by atoms with E-state index in [1.165, 1.54) is 18.0 Å². The number of amides is 3. The molecule has 1 aromatic rings. The molecule has 200 valence electrons. The minimum absolute atomic E-state index is 0.0218. The van der Waals surface area contributed by atoms with Crippen LogP contribution in [0.2, 0.25) is 0 Å². The van der Waals surface area contributed by atoms with Gasteiger partial charge < -0.3 is 19.9 Å². The Morgan fingerprint density at radius 1 is 1.24 bits per heavy atom. The highest BCUT2D eigenvalue weighted by Crippen LogP contribution is 2.64. The van der Waals surface area contributed by atoms with E-state index in [9.17, 15) is 14.4 Å². The Kier molecular flexibility index (Phi) is 7.83. The molecule has 3 aliphatic carbocycles. The van der Waals surface area contributed by atoms with Crippen molar-refractivity contribution in [3.05, 3.63) is 41.5 Å². The molecule has 3 saturated carbocycles. The number of hydroxylamine groups is 1. The van der Waals surface area contributed by atoms with E-state index in [1.54, 1.807) is 24.3 Å². The molecule has 9 nitrogen and oxygen atoms in total. The van der Waals surface area contributed by atoms with Crippen LogP contribution in [0.5, 0.6) is 0 Å². The Hall–Kier alpha value is -2.69. The Balaban J connectivity index is 1.35. The molecule has 2 bridgehead atoms. The van der Waals surface area contributed by atoms with Gasteiger partial charge in [-0.15, -0.1) is 0 Å². The smallest absolute Gasteiger partial charge is 0.404 e. The Bertz CT molecular complexity index is 1080. The highest BCUT2D eigenvalue weighted by Gasteiger charge is 2.67. The average molecular weight is 511 g/mol. The molecule has 4 aliphatic rings. The lowest BCUT2D eigenvalue weighted by Crippen LogP contribution is -2.63. The first-order chi connectivity index (χ1) is 17.4. The van der Waals surface area contributed by atoms with E-state index in [4.69, 9.17) is 14.5 Å². The van der Waals surface area contributed by atoms with Crippen LogP contribution in [0.3, 0.4) is 0 Å². The van der Waals surface area contributed by atoms with Gasteiger partial charge in [-0.05, 0) is 73.1 Å². The SMILES string of the molecule is CC(C)C[C@H](NC(=O)CNC(=O)c1cccc(/C=C/C(=O)NO)c1)B1O[C@@H]2[C@@H]3C[C@H](C[C@]2(C)O1)C3(C)C. The highest BCUT2D eigenvalue weighted by atomic mass is 16.7. The molecule has 1 saturated heterocycles. The molecule has 5 atom stereocenters. The van der Waals surface area contributed by atoms with Crippen LogP contribution < -0.4 is 16.1 Å². The second-order valence-corrected chi connectivity index (χ2v) is 11.8. The predicted octanol–water partition coefficient (Wildman–Crippen LogP) is 2.73. The van der Waals surface area contributed by atoms with Crippen LogP contribution in [0.25, 0.3) is 6.08 Å². The molecular formula is C27H38BN3O6. The van der Waals surface area contributed by atoms with Crippen LogP contribution in [-0.2, 0) is 18.9 Å². The van der Waals surface area contributed by atoms with Gasteiger partial charge >= 0.3 is 7.12 Å². The average Bonchev–Trinajstić information content (AvgIpc) is 3.22. The summed E-state index contributed by atoms with van der Waals surface area (Å²) in [6.07, 6.45) is 5.47. The van der Waals surface area contributed by atoms with Gasteiger partial charge in [-0.2, -0.15) is 0 Å². The fourth-order valence-electron chi connectivity index (χ4n) is 6.18. The summed E-state index contributed by atoms with van der Waals surface area (Å²) < 4.78 is 13.0. The van der Waals surface area contributed by atoms with Crippen molar-refractivity contribution in [1.82, 2.24) is 16.1 Å². The van der Waals surface area contributed by atoms with E-state index in [-0.39, 0.29) is 35.5 Å². The summed E-state index contributed by atoms with van der Waals surface area (Å²) in [5, 5.41) is 14.3. The molecule has 0 spiro atoms. The van der Waals surface area contributed by atoms with Gasteiger partial charge in [0.1, 0.15) is 0 Å². The molecular weight excluding hydrogens is 473 g/mol. The van der Waals surface area contributed by atoms with Crippen LogP contribution in [0, 0.1) is 23.2 Å². The van der Waals surface area contributed by atoms with Gasteiger partial charge in [0.05, 0.1) is 24.2 Å². The molecule has 4 fully saturated rings. The van der Waals surface area contributed by atoms with Crippen LogP contribution in [0.15, 0.2) is 30.3 Å². The highest BCUT2D eigenvalue weighted by molar-refractivity contribution is 6.47. The summed E-state index contributed by atoms with van der Waals surface area (Å²) in [5.74, 6) is -0.311. The lowest BCUT2D eigenvalue weighted by atomic mass is 9.45. The van der Waals surface area contributed by atoms with E-state index >= 15 is 0 Å². The first-order valence-corrected chi connectivity index (χ1v) is 13.1. The normalized spacial score (nSPS) is 28.4. The van der Waals surface area contributed by atoms with Crippen molar-refractivity contribution in [2.75, 3.05) is 6.54 Å². The maximum atomic E-state index is 12.9. The van der Waals surface area contributed by atoms with Crippen LogP contribution >= 0.6 is 0 Å². The Labute approximate surface area is 218 Å². The van der Waals surface area contributed by atoms with Crippen molar-refractivity contribution < 1.29 is 28.9 Å². The summed E-state index contributed by atoms with van der Waals surface area (Å²) in [6, 6.07) is 6.59. The quantitative estimate of drug-likeness (QED) is 0.175. The van der Waals surface area contributed by atoms with Crippen molar-refractivity contribution in [3.63, 3.8) is 0 Å². The van der Waals surface area contributed by atoms with Crippen LogP contribution in [0.1, 0.15) is 69.8 Å². The molecule has 37 heavy (non-hydrogen) atoms. The first kappa shape index (κ1) is 27.4. The van der Waals surface area contributed by atoms with E-state index in [0.717, 1.165) is 12.5 Å². The number of benzene rings is 1. The second kappa shape index (κ2) is 10.6. The van der Waals surface area contributed by atoms with E-state index < -0.39 is 18.9 Å². The number of carbonyl (C=O) groups is 3. The number of rotatable bonds is 9. The van der Waals surface area contributed by atoms with Gasteiger partial charge in [0.2, 0.25) is 5.91 Å². The van der Waals surface area contributed by atoms with Gasteiger partial charge in [0.15, 0.2) is 0 Å². The predicted molar refractivity (Wildman–Crippen MR) is 139 cm³/mol. The third-order valence-electron chi connectivity index (χ3n) is 8.33. The molecule has 1 aliphatic heterocycles. The number of hydrogen-bond donors (Lipinski definition) is 4. The van der Waals surface area contributed by atoms with Crippen molar-refractivity contribution in [3.8, 4) is 0 Å². The third kappa shape index (κ3) is 5.76. The summed E-state index contributed by atoms with van der Waals surface area (Å²) in [6.45, 7) is 10.8. The molecule has 0 radical (unpaired) electrons. The largest absolute Gasteiger partial charge is 0.481 e. The third-order valence-corrected chi connectivity index (χ3v) is 8.33. The van der Waals surface area contributed by atoms with Crippen molar-refractivity contribution in [2.24, 2.45) is 23.2 Å². The van der Waals surface area contributed by atoms with E-state index in [0.29, 0.717) is 35.3 Å². The van der Waals surface area contributed by atoms with E-state index in [1.807, 2.05) is 0 Å². The minimum atomic E-state index is -0.674. The fourth-order valence-corrected chi connectivity index (χ4v) is 6.18. The molecule has 1 aromatic carbocycles.